The van der Waals surface area contributed by atoms with E-state index in [4.69, 9.17) is 4.74 Å². The lowest BCUT2D eigenvalue weighted by molar-refractivity contribution is 0.481. The number of para-hydroxylation sites is 1. The number of ether oxygens (including phenoxy) is 1. The van der Waals surface area contributed by atoms with Crippen molar-refractivity contribution in [2.24, 2.45) is 0 Å². The van der Waals surface area contributed by atoms with Crippen molar-refractivity contribution in [1.82, 2.24) is 19.4 Å². The second-order valence-electron chi connectivity index (χ2n) is 7.85. The summed E-state index contributed by atoms with van der Waals surface area (Å²) < 4.78 is 8.36. The van der Waals surface area contributed by atoms with E-state index >= 15 is 0 Å². The molecule has 0 N–H and O–H groups in total. The van der Waals surface area contributed by atoms with E-state index in [1.165, 1.54) is 0 Å². The monoisotopic (exact) mass is 419 g/mol. The molecule has 1 aliphatic rings. The topological polar surface area (TPSA) is 46.4 Å². The van der Waals surface area contributed by atoms with Gasteiger partial charge in [-0.25, -0.2) is 9.97 Å². The van der Waals surface area contributed by atoms with Crippen LogP contribution >= 0.6 is 0 Å². The van der Waals surface area contributed by atoms with Gasteiger partial charge < -0.3 is 14.5 Å². The summed E-state index contributed by atoms with van der Waals surface area (Å²) in [6, 6.07) is 24.5. The molecule has 6 heteroatoms. The summed E-state index contributed by atoms with van der Waals surface area (Å²) in [7, 11) is 2.06. The molecule has 0 amide bonds. The summed E-state index contributed by atoms with van der Waals surface area (Å²) in [5.41, 5.74) is 3.17. The van der Waals surface area contributed by atoms with E-state index in [9.17, 15) is 0 Å². The molecule has 0 radical (unpaired) electrons. The molecule has 32 heavy (non-hydrogen) atoms. The molecule has 0 fully saturated rings. The van der Waals surface area contributed by atoms with Gasteiger partial charge in [0, 0.05) is 60.4 Å². The second kappa shape index (κ2) is 7.42. The minimum atomic E-state index is 0.641. The maximum atomic E-state index is 6.28. The van der Waals surface area contributed by atoms with Crippen molar-refractivity contribution < 1.29 is 4.74 Å². The number of anilines is 1. The third-order valence-corrected chi connectivity index (χ3v) is 5.66. The van der Waals surface area contributed by atoms with Crippen molar-refractivity contribution in [3.8, 4) is 17.4 Å². The fourth-order valence-corrected chi connectivity index (χ4v) is 4.19. The highest BCUT2D eigenvalue weighted by atomic mass is 16.5. The van der Waals surface area contributed by atoms with E-state index in [-0.39, 0.29) is 0 Å². The molecule has 0 aliphatic carbocycles. The van der Waals surface area contributed by atoms with Crippen molar-refractivity contribution in [2.45, 2.75) is 0 Å². The molecule has 1 aliphatic heterocycles. The Bertz CT molecular complexity index is 1460. The Balaban J connectivity index is 1.43. The molecule has 0 unspecified atom stereocenters. The Hall–Kier alpha value is -4.32. The quantitative estimate of drug-likeness (QED) is 0.382. The van der Waals surface area contributed by atoms with Crippen LogP contribution in [0.15, 0.2) is 97.6 Å². The van der Waals surface area contributed by atoms with Crippen LogP contribution in [-0.2, 0) is 0 Å². The van der Waals surface area contributed by atoms with E-state index in [1.54, 1.807) is 12.4 Å². The number of benzene rings is 3. The second-order valence-corrected chi connectivity index (χ2v) is 7.85. The smallest absolute Gasteiger partial charge is 0.234 e. The van der Waals surface area contributed by atoms with Crippen molar-refractivity contribution >= 4 is 27.5 Å². The number of hydrogen-bond acceptors (Lipinski definition) is 5. The minimum Gasteiger partial charge on any atom is -0.457 e. The molecule has 3 aromatic carbocycles. The van der Waals surface area contributed by atoms with Crippen LogP contribution in [-0.4, -0.2) is 33.2 Å². The van der Waals surface area contributed by atoms with Gasteiger partial charge in [-0.15, -0.1) is 0 Å². The SMILES string of the molecule is CN1C=CN(c2cccc(Oc3ccc4c5ccccc5n(-c5ncccn5)c4c3)c2)C1. The highest BCUT2D eigenvalue weighted by Crippen LogP contribution is 2.35. The molecule has 0 saturated carbocycles. The number of rotatable bonds is 4. The maximum Gasteiger partial charge on any atom is 0.234 e. The lowest BCUT2D eigenvalue weighted by Gasteiger charge is -2.19. The predicted octanol–water partition coefficient (Wildman–Crippen LogP) is 5.55. The summed E-state index contributed by atoms with van der Waals surface area (Å²) in [5.74, 6) is 2.20. The molecule has 6 nitrogen and oxygen atoms in total. The molecule has 0 saturated heterocycles. The van der Waals surface area contributed by atoms with E-state index in [2.05, 4.69) is 86.2 Å². The highest BCUT2D eigenvalue weighted by molar-refractivity contribution is 6.09. The molecular weight excluding hydrogens is 398 g/mol. The summed E-state index contributed by atoms with van der Waals surface area (Å²) in [4.78, 5) is 13.3. The van der Waals surface area contributed by atoms with Crippen molar-refractivity contribution in [2.75, 3.05) is 18.6 Å². The average Bonchev–Trinajstić information content (AvgIpc) is 3.41. The summed E-state index contributed by atoms with van der Waals surface area (Å²) in [5, 5.41) is 2.30. The molecule has 0 spiro atoms. The van der Waals surface area contributed by atoms with Crippen LogP contribution in [0.2, 0.25) is 0 Å². The Morgan fingerprint density at radius 3 is 2.41 bits per heavy atom. The van der Waals surface area contributed by atoms with Gasteiger partial charge in [-0.3, -0.25) is 4.57 Å². The van der Waals surface area contributed by atoms with Gasteiger partial charge in [-0.05, 0) is 36.4 Å². The molecule has 2 aromatic heterocycles. The zero-order valence-corrected chi connectivity index (χ0v) is 17.6. The normalized spacial score (nSPS) is 13.4. The van der Waals surface area contributed by atoms with Gasteiger partial charge in [0.2, 0.25) is 5.95 Å². The van der Waals surface area contributed by atoms with Gasteiger partial charge in [0.1, 0.15) is 11.5 Å². The Labute approximate surface area is 185 Å². The maximum absolute atomic E-state index is 6.28. The Kier molecular flexibility index (Phi) is 4.28. The van der Waals surface area contributed by atoms with Crippen molar-refractivity contribution in [3.63, 3.8) is 0 Å². The van der Waals surface area contributed by atoms with Crippen LogP contribution in [0.4, 0.5) is 5.69 Å². The number of nitrogens with zero attached hydrogens (tertiary/aromatic N) is 5. The van der Waals surface area contributed by atoms with Gasteiger partial charge in [-0.1, -0.05) is 24.3 Å². The first-order chi connectivity index (χ1) is 15.8. The van der Waals surface area contributed by atoms with Gasteiger partial charge in [0.15, 0.2) is 0 Å². The fraction of sp³-hybridized carbons (Fsp3) is 0.0769. The van der Waals surface area contributed by atoms with Crippen molar-refractivity contribution in [3.05, 3.63) is 97.6 Å². The lowest BCUT2D eigenvalue weighted by Crippen LogP contribution is -2.21. The van der Waals surface area contributed by atoms with Crippen molar-refractivity contribution in [1.29, 1.82) is 0 Å². The molecule has 3 heterocycles. The van der Waals surface area contributed by atoms with E-state index in [1.807, 2.05) is 30.3 Å². The van der Waals surface area contributed by atoms with Gasteiger partial charge >= 0.3 is 0 Å². The lowest BCUT2D eigenvalue weighted by atomic mass is 10.1. The molecule has 0 atom stereocenters. The molecular formula is C26H21N5O. The van der Waals surface area contributed by atoms with E-state index < -0.39 is 0 Å². The molecule has 0 bridgehead atoms. The van der Waals surface area contributed by atoms with Crippen LogP contribution in [0.1, 0.15) is 0 Å². The zero-order valence-electron chi connectivity index (χ0n) is 17.6. The van der Waals surface area contributed by atoms with Crippen LogP contribution in [0.3, 0.4) is 0 Å². The third-order valence-electron chi connectivity index (χ3n) is 5.66. The molecule has 5 aromatic rings. The first kappa shape index (κ1) is 18.4. The summed E-state index contributed by atoms with van der Waals surface area (Å²) in [6.07, 6.45) is 7.66. The predicted molar refractivity (Wildman–Crippen MR) is 127 cm³/mol. The largest absolute Gasteiger partial charge is 0.457 e. The molecule has 6 rings (SSSR count). The third kappa shape index (κ3) is 3.13. The summed E-state index contributed by atoms with van der Waals surface area (Å²) >= 11 is 0. The Morgan fingerprint density at radius 2 is 1.56 bits per heavy atom. The number of aromatic nitrogens is 3. The number of fused-ring (bicyclic) bond motifs is 3. The number of hydrogen-bond donors (Lipinski definition) is 0. The van der Waals surface area contributed by atoms with Crippen LogP contribution < -0.4 is 9.64 Å². The minimum absolute atomic E-state index is 0.641. The summed E-state index contributed by atoms with van der Waals surface area (Å²) in [6.45, 7) is 0.826. The van der Waals surface area contributed by atoms with Gasteiger partial charge in [-0.2, -0.15) is 0 Å². The first-order valence-electron chi connectivity index (χ1n) is 10.5. The van der Waals surface area contributed by atoms with E-state index in [0.29, 0.717) is 5.95 Å². The highest BCUT2D eigenvalue weighted by Gasteiger charge is 2.15. The van der Waals surface area contributed by atoms with E-state index in [0.717, 1.165) is 45.7 Å². The average molecular weight is 419 g/mol. The molecule has 156 valence electrons. The fourth-order valence-electron chi connectivity index (χ4n) is 4.19. The van der Waals surface area contributed by atoms with Crippen LogP contribution in [0.5, 0.6) is 11.5 Å². The zero-order chi connectivity index (χ0) is 21.5. The standard InChI is InChI=1S/C26H21N5O/c1-29-14-15-30(18-29)19-6-4-7-20(16-19)32-21-10-11-23-22-8-2-3-9-24(22)31(25(23)17-21)26-27-12-5-13-28-26/h2-17H,18H2,1H3. The van der Waals surface area contributed by atoms with Gasteiger partial charge in [0.25, 0.3) is 0 Å². The van der Waals surface area contributed by atoms with Gasteiger partial charge in [0.05, 0.1) is 17.7 Å². The van der Waals surface area contributed by atoms with Crippen LogP contribution in [0, 0.1) is 0 Å². The van der Waals surface area contributed by atoms with Crippen LogP contribution in [0.25, 0.3) is 27.8 Å². The first-order valence-corrected chi connectivity index (χ1v) is 10.5. The Morgan fingerprint density at radius 1 is 0.750 bits per heavy atom.